The third kappa shape index (κ3) is 6.56. The molecule has 0 aliphatic carbocycles. The number of benzene rings is 2. The second kappa shape index (κ2) is 12.2. The van der Waals surface area contributed by atoms with E-state index in [0.29, 0.717) is 44.7 Å². The summed E-state index contributed by atoms with van der Waals surface area (Å²) in [5, 5.41) is 12.0. The summed E-state index contributed by atoms with van der Waals surface area (Å²) in [6.07, 6.45) is 1.30. The Kier molecular flexibility index (Phi) is 9.02. The minimum atomic E-state index is -0.531. The fourth-order valence-electron chi connectivity index (χ4n) is 4.46. The zero-order chi connectivity index (χ0) is 24.5. The predicted molar refractivity (Wildman–Crippen MR) is 130 cm³/mol. The van der Waals surface area contributed by atoms with Gasteiger partial charge in [-0.15, -0.1) is 0 Å². The zero-order valence-corrected chi connectivity index (χ0v) is 19.9. The maximum atomic E-state index is 12.9. The molecule has 3 N–H and O–H groups in total. The van der Waals surface area contributed by atoms with Crippen LogP contribution in [0, 0.1) is 11.3 Å². The van der Waals surface area contributed by atoms with Crippen molar-refractivity contribution in [2.24, 2.45) is 5.73 Å². The Labute approximate surface area is 201 Å². The fraction of sp³-hybridized carbons (Fsp3) is 0.423. The molecule has 0 radical (unpaired) electrons. The summed E-state index contributed by atoms with van der Waals surface area (Å²) in [7, 11) is 1.65. The number of hydrogen-bond acceptors (Lipinski definition) is 6. The lowest BCUT2D eigenvalue weighted by Gasteiger charge is -2.42. The second-order valence-electron chi connectivity index (χ2n) is 8.55. The quantitative estimate of drug-likeness (QED) is 0.589. The molecule has 180 valence electrons. The number of methoxy groups -OCH3 is 1. The van der Waals surface area contributed by atoms with Crippen molar-refractivity contribution in [3.05, 3.63) is 65.2 Å². The van der Waals surface area contributed by atoms with Gasteiger partial charge in [0.05, 0.1) is 18.7 Å². The van der Waals surface area contributed by atoms with Crippen LogP contribution in [0.5, 0.6) is 5.75 Å². The van der Waals surface area contributed by atoms with Crippen molar-refractivity contribution >= 4 is 11.8 Å². The molecule has 8 heteroatoms. The van der Waals surface area contributed by atoms with E-state index in [4.69, 9.17) is 15.7 Å². The Bertz CT molecular complexity index is 1020. The predicted octanol–water partition coefficient (Wildman–Crippen LogP) is 2.02. The van der Waals surface area contributed by atoms with Crippen LogP contribution < -0.4 is 15.8 Å². The summed E-state index contributed by atoms with van der Waals surface area (Å²) in [5.41, 5.74) is 8.36. The Morgan fingerprint density at radius 1 is 1.21 bits per heavy atom. The Hall–Kier alpha value is -3.41. The van der Waals surface area contributed by atoms with Crippen molar-refractivity contribution in [2.75, 3.05) is 26.7 Å². The molecule has 1 fully saturated rings. The van der Waals surface area contributed by atoms with Crippen molar-refractivity contribution in [3.8, 4) is 11.8 Å². The molecule has 1 unspecified atom stereocenters. The van der Waals surface area contributed by atoms with Crippen LogP contribution in [0.4, 0.5) is 0 Å². The van der Waals surface area contributed by atoms with Crippen LogP contribution in [0.1, 0.15) is 36.5 Å². The minimum absolute atomic E-state index is 0.0890. The molecule has 0 saturated carbocycles. The maximum absolute atomic E-state index is 12.9. The van der Waals surface area contributed by atoms with Gasteiger partial charge in [-0.2, -0.15) is 5.26 Å². The van der Waals surface area contributed by atoms with Crippen LogP contribution in [0.25, 0.3) is 0 Å². The summed E-state index contributed by atoms with van der Waals surface area (Å²) >= 11 is 0. The highest BCUT2D eigenvalue weighted by Gasteiger charge is 2.37. The molecular formula is C26H33N5O3. The monoisotopic (exact) mass is 463 g/mol. The summed E-state index contributed by atoms with van der Waals surface area (Å²) in [5.74, 6) is 0.532. The molecule has 1 aliphatic heterocycles. The largest absolute Gasteiger partial charge is 0.497 e. The van der Waals surface area contributed by atoms with Crippen LogP contribution >= 0.6 is 0 Å². The smallest absolute Gasteiger partial charge is 0.242 e. The van der Waals surface area contributed by atoms with E-state index in [-0.39, 0.29) is 17.9 Å². The summed E-state index contributed by atoms with van der Waals surface area (Å²) in [4.78, 5) is 29.1. The Balaban J connectivity index is 1.86. The SMILES string of the molecule is COc1cccc(CN(Cc2ccc(C#N)cc2)C2CCN(C(C)=O)[C@@H](C(=O)NCCN)C2)c1. The fourth-order valence-corrected chi connectivity index (χ4v) is 4.46. The van der Waals surface area contributed by atoms with Crippen LogP contribution in [0.3, 0.4) is 0 Å². The first kappa shape index (κ1) is 25.2. The number of likely N-dealkylation sites (tertiary alicyclic amines) is 1. The topological polar surface area (TPSA) is 112 Å². The van der Waals surface area contributed by atoms with E-state index in [1.807, 2.05) is 42.5 Å². The molecule has 2 aromatic carbocycles. The van der Waals surface area contributed by atoms with Crippen LogP contribution in [0.2, 0.25) is 0 Å². The van der Waals surface area contributed by atoms with Gasteiger partial charge in [-0.1, -0.05) is 24.3 Å². The first-order chi connectivity index (χ1) is 16.4. The van der Waals surface area contributed by atoms with Gasteiger partial charge >= 0.3 is 0 Å². The van der Waals surface area contributed by atoms with Gasteiger partial charge in [0.15, 0.2) is 0 Å². The molecule has 1 heterocycles. The highest BCUT2D eigenvalue weighted by molar-refractivity contribution is 5.87. The molecule has 8 nitrogen and oxygen atoms in total. The standard InChI is InChI=1S/C26H33N5O3/c1-19(32)31-13-10-23(15-25(31)26(33)29-12-11-27)30(17-21-8-6-20(16-28)7-9-21)18-22-4-3-5-24(14-22)34-2/h3-9,14,23,25H,10-13,15,17-18,27H2,1-2H3,(H,29,33)/t23?,25-/m1/s1. The number of rotatable bonds is 9. The number of nitrogens with two attached hydrogens (primary N) is 1. The lowest BCUT2D eigenvalue weighted by atomic mass is 9.93. The molecule has 0 aromatic heterocycles. The highest BCUT2D eigenvalue weighted by atomic mass is 16.5. The van der Waals surface area contributed by atoms with Gasteiger partial charge in [0.25, 0.3) is 0 Å². The molecule has 2 aromatic rings. The van der Waals surface area contributed by atoms with E-state index in [9.17, 15) is 9.59 Å². The van der Waals surface area contributed by atoms with E-state index in [2.05, 4.69) is 22.4 Å². The number of hydrogen-bond donors (Lipinski definition) is 2. The van der Waals surface area contributed by atoms with Crippen LogP contribution in [-0.2, 0) is 22.7 Å². The van der Waals surface area contributed by atoms with E-state index >= 15 is 0 Å². The highest BCUT2D eigenvalue weighted by Crippen LogP contribution is 2.26. The third-order valence-corrected chi connectivity index (χ3v) is 6.23. The molecule has 2 atom stereocenters. The number of ether oxygens (including phenoxy) is 1. The maximum Gasteiger partial charge on any atom is 0.242 e. The Morgan fingerprint density at radius 3 is 2.59 bits per heavy atom. The number of nitrogens with one attached hydrogen (secondary N) is 1. The van der Waals surface area contributed by atoms with Gasteiger partial charge in [-0.05, 0) is 48.2 Å². The lowest BCUT2D eigenvalue weighted by molar-refractivity contribution is -0.142. The normalized spacial score (nSPS) is 17.8. The van der Waals surface area contributed by atoms with Crippen LogP contribution in [0.15, 0.2) is 48.5 Å². The van der Waals surface area contributed by atoms with Gasteiger partial charge in [0.1, 0.15) is 11.8 Å². The lowest BCUT2D eigenvalue weighted by Crippen LogP contribution is -2.57. The van der Waals surface area contributed by atoms with E-state index in [1.165, 1.54) is 6.92 Å². The van der Waals surface area contributed by atoms with E-state index in [0.717, 1.165) is 23.3 Å². The molecule has 2 amide bonds. The molecular weight excluding hydrogens is 430 g/mol. The van der Waals surface area contributed by atoms with Gasteiger partial charge in [0.2, 0.25) is 11.8 Å². The van der Waals surface area contributed by atoms with Crippen molar-refractivity contribution in [2.45, 2.75) is 44.9 Å². The molecule has 0 bridgehead atoms. The average Bonchev–Trinajstić information content (AvgIpc) is 2.87. The number of nitrogens with zero attached hydrogens (tertiary/aromatic N) is 3. The van der Waals surface area contributed by atoms with E-state index < -0.39 is 6.04 Å². The van der Waals surface area contributed by atoms with Gasteiger partial charge in [-0.3, -0.25) is 14.5 Å². The van der Waals surface area contributed by atoms with Crippen molar-refractivity contribution in [3.63, 3.8) is 0 Å². The number of amides is 2. The van der Waals surface area contributed by atoms with Crippen molar-refractivity contribution in [1.29, 1.82) is 5.26 Å². The molecule has 0 spiro atoms. The van der Waals surface area contributed by atoms with E-state index in [1.54, 1.807) is 12.0 Å². The first-order valence-electron chi connectivity index (χ1n) is 11.6. The summed E-state index contributed by atoms with van der Waals surface area (Å²) < 4.78 is 5.40. The number of carbonyl (C=O) groups is 2. The summed E-state index contributed by atoms with van der Waals surface area (Å²) in [6, 6.07) is 17.2. The van der Waals surface area contributed by atoms with Crippen molar-refractivity contribution in [1.82, 2.24) is 15.1 Å². The zero-order valence-electron chi connectivity index (χ0n) is 19.9. The number of piperidine rings is 1. The molecule has 1 saturated heterocycles. The minimum Gasteiger partial charge on any atom is -0.497 e. The van der Waals surface area contributed by atoms with Gasteiger partial charge in [-0.25, -0.2) is 0 Å². The number of nitriles is 1. The second-order valence-corrected chi connectivity index (χ2v) is 8.55. The summed E-state index contributed by atoms with van der Waals surface area (Å²) in [6.45, 7) is 4.08. The average molecular weight is 464 g/mol. The van der Waals surface area contributed by atoms with Crippen molar-refractivity contribution < 1.29 is 14.3 Å². The Morgan fingerprint density at radius 2 is 1.94 bits per heavy atom. The first-order valence-corrected chi connectivity index (χ1v) is 11.6. The van der Waals surface area contributed by atoms with Gasteiger partial charge < -0.3 is 20.7 Å². The van der Waals surface area contributed by atoms with Crippen LogP contribution in [-0.4, -0.2) is 60.4 Å². The van der Waals surface area contributed by atoms with Gasteiger partial charge in [0, 0.05) is 45.7 Å². The third-order valence-electron chi connectivity index (χ3n) is 6.23. The molecule has 1 aliphatic rings. The molecule has 34 heavy (non-hydrogen) atoms. The number of carbonyl (C=O) groups excluding carboxylic acids is 2. The molecule has 3 rings (SSSR count).